The Bertz CT molecular complexity index is 372. The first-order chi connectivity index (χ1) is 7.31. The summed E-state index contributed by atoms with van der Waals surface area (Å²) in [4.78, 5) is 13.7. The second kappa shape index (κ2) is 4.59. The van der Waals surface area contributed by atoms with Crippen LogP contribution < -0.4 is 11.3 Å². The zero-order chi connectivity index (χ0) is 10.7. The number of nitrogens with zero attached hydrogens (tertiary/aromatic N) is 2. The van der Waals surface area contributed by atoms with Gasteiger partial charge in [0.2, 0.25) is 0 Å². The number of hydrogen-bond donors (Lipinski definition) is 1. The Balaban J connectivity index is 1.88. The monoisotopic (exact) mass is 207 g/mol. The van der Waals surface area contributed by atoms with Gasteiger partial charge in [0.15, 0.2) is 0 Å². The van der Waals surface area contributed by atoms with Gasteiger partial charge in [-0.15, -0.1) is 0 Å². The highest BCUT2D eigenvalue weighted by molar-refractivity contribution is 4.93. The van der Waals surface area contributed by atoms with Crippen molar-refractivity contribution in [2.24, 2.45) is 5.73 Å². The average Bonchev–Trinajstić information content (AvgIpc) is 2.20. The first-order valence-corrected chi connectivity index (χ1v) is 5.41. The predicted octanol–water partition coefficient (Wildman–Crippen LogP) is -0.119. The Morgan fingerprint density at radius 2 is 2.27 bits per heavy atom. The molecule has 1 aliphatic rings. The van der Waals surface area contributed by atoms with E-state index < -0.39 is 0 Å². The first-order valence-electron chi connectivity index (χ1n) is 5.41. The van der Waals surface area contributed by atoms with Crippen LogP contribution >= 0.6 is 0 Å². The topological polar surface area (TPSA) is 51.3 Å². The van der Waals surface area contributed by atoms with Gasteiger partial charge in [0.25, 0.3) is 5.56 Å². The van der Waals surface area contributed by atoms with Crippen molar-refractivity contribution < 1.29 is 0 Å². The Kier molecular flexibility index (Phi) is 3.18. The second-order valence-electron chi connectivity index (χ2n) is 3.95. The standard InChI is InChI=1S/C11H17N3O/c12-9-10-4-6-13(10)7-8-14-5-2-1-3-11(14)15/h1-3,5,10H,4,6-9,12H2. The summed E-state index contributed by atoms with van der Waals surface area (Å²) < 4.78 is 1.74. The largest absolute Gasteiger partial charge is 0.329 e. The summed E-state index contributed by atoms with van der Waals surface area (Å²) in [5.41, 5.74) is 5.68. The van der Waals surface area contributed by atoms with Crippen molar-refractivity contribution in [3.05, 3.63) is 34.7 Å². The molecule has 15 heavy (non-hydrogen) atoms. The van der Waals surface area contributed by atoms with Crippen molar-refractivity contribution in [1.82, 2.24) is 9.47 Å². The van der Waals surface area contributed by atoms with Gasteiger partial charge in [-0.05, 0) is 12.5 Å². The molecule has 82 valence electrons. The molecule has 0 bridgehead atoms. The molecule has 0 aliphatic carbocycles. The molecule has 1 aromatic rings. The van der Waals surface area contributed by atoms with E-state index in [-0.39, 0.29) is 5.56 Å². The fourth-order valence-electron chi connectivity index (χ4n) is 1.94. The molecule has 2 rings (SSSR count). The van der Waals surface area contributed by atoms with Gasteiger partial charge in [-0.3, -0.25) is 9.69 Å². The highest BCUT2D eigenvalue weighted by Crippen LogP contribution is 2.14. The third-order valence-electron chi connectivity index (χ3n) is 3.07. The van der Waals surface area contributed by atoms with Crippen LogP contribution in [0.5, 0.6) is 0 Å². The molecule has 0 saturated carbocycles. The average molecular weight is 207 g/mol. The van der Waals surface area contributed by atoms with E-state index in [1.807, 2.05) is 12.3 Å². The molecule has 1 aliphatic heterocycles. The molecule has 2 heterocycles. The van der Waals surface area contributed by atoms with Crippen molar-refractivity contribution >= 4 is 0 Å². The van der Waals surface area contributed by atoms with Crippen LogP contribution in [-0.2, 0) is 6.54 Å². The molecule has 1 saturated heterocycles. The van der Waals surface area contributed by atoms with Crippen molar-refractivity contribution in [2.75, 3.05) is 19.6 Å². The van der Waals surface area contributed by atoms with Crippen LogP contribution in [0.2, 0.25) is 0 Å². The zero-order valence-corrected chi connectivity index (χ0v) is 8.80. The maximum absolute atomic E-state index is 11.4. The van der Waals surface area contributed by atoms with Gasteiger partial charge >= 0.3 is 0 Å². The molecule has 0 aromatic carbocycles. The van der Waals surface area contributed by atoms with Crippen LogP contribution in [0.25, 0.3) is 0 Å². The van der Waals surface area contributed by atoms with Crippen molar-refractivity contribution in [3.63, 3.8) is 0 Å². The number of pyridine rings is 1. The Hall–Kier alpha value is -1.13. The summed E-state index contributed by atoms with van der Waals surface area (Å²) in [6, 6.07) is 5.78. The van der Waals surface area contributed by atoms with E-state index in [1.54, 1.807) is 16.7 Å². The van der Waals surface area contributed by atoms with Gasteiger partial charge in [-0.1, -0.05) is 6.07 Å². The third-order valence-corrected chi connectivity index (χ3v) is 3.07. The van der Waals surface area contributed by atoms with Crippen LogP contribution in [-0.4, -0.2) is 35.1 Å². The van der Waals surface area contributed by atoms with Crippen LogP contribution in [0.4, 0.5) is 0 Å². The first kappa shape index (κ1) is 10.4. The van der Waals surface area contributed by atoms with Crippen molar-refractivity contribution in [1.29, 1.82) is 0 Å². The summed E-state index contributed by atoms with van der Waals surface area (Å²) in [6.45, 7) is 3.52. The summed E-state index contributed by atoms with van der Waals surface area (Å²) in [7, 11) is 0. The molecule has 0 spiro atoms. The van der Waals surface area contributed by atoms with Crippen molar-refractivity contribution in [2.45, 2.75) is 19.0 Å². The lowest BCUT2D eigenvalue weighted by Gasteiger charge is -2.40. The van der Waals surface area contributed by atoms with Crippen molar-refractivity contribution in [3.8, 4) is 0 Å². The summed E-state index contributed by atoms with van der Waals surface area (Å²) in [6.07, 6.45) is 3.03. The number of likely N-dealkylation sites (tertiary alicyclic amines) is 1. The smallest absolute Gasteiger partial charge is 0.250 e. The third kappa shape index (κ3) is 2.27. The van der Waals surface area contributed by atoms with Crippen LogP contribution in [0.1, 0.15) is 6.42 Å². The highest BCUT2D eigenvalue weighted by atomic mass is 16.1. The van der Waals surface area contributed by atoms with Crippen LogP contribution in [0, 0.1) is 0 Å². The van der Waals surface area contributed by atoms with E-state index in [1.165, 1.54) is 6.42 Å². The maximum Gasteiger partial charge on any atom is 0.250 e. The molecule has 0 radical (unpaired) electrons. The second-order valence-corrected chi connectivity index (χ2v) is 3.95. The molecule has 1 aromatic heterocycles. The fraction of sp³-hybridized carbons (Fsp3) is 0.545. The van der Waals surface area contributed by atoms with E-state index in [9.17, 15) is 4.79 Å². The number of aromatic nitrogens is 1. The van der Waals surface area contributed by atoms with E-state index in [4.69, 9.17) is 5.73 Å². The normalized spacial score (nSPS) is 21.3. The van der Waals surface area contributed by atoms with Crippen LogP contribution in [0.15, 0.2) is 29.2 Å². The Labute approximate surface area is 89.3 Å². The van der Waals surface area contributed by atoms with Gasteiger partial charge in [0.1, 0.15) is 0 Å². The minimum Gasteiger partial charge on any atom is -0.329 e. The SMILES string of the molecule is NCC1CCN1CCn1ccccc1=O. The quantitative estimate of drug-likeness (QED) is 0.749. The molecule has 1 unspecified atom stereocenters. The number of hydrogen-bond acceptors (Lipinski definition) is 3. The molecule has 4 heteroatoms. The summed E-state index contributed by atoms with van der Waals surface area (Å²) >= 11 is 0. The minimum atomic E-state index is 0.0716. The molecule has 1 atom stereocenters. The minimum absolute atomic E-state index is 0.0716. The van der Waals surface area contributed by atoms with E-state index in [0.717, 1.165) is 26.2 Å². The molecule has 2 N–H and O–H groups in total. The van der Waals surface area contributed by atoms with Gasteiger partial charge in [0.05, 0.1) is 0 Å². The van der Waals surface area contributed by atoms with Gasteiger partial charge in [0, 0.05) is 44.5 Å². The van der Waals surface area contributed by atoms with Gasteiger partial charge in [-0.25, -0.2) is 0 Å². The Morgan fingerprint density at radius 3 is 2.87 bits per heavy atom. The lowest BCUT2D eigenvalue weighted by atomic mass is 10.0. The van der Waals surface area contributed by atoms with E-state index >= 15 is 0 Å². The predicted molar refractivity (Wildman–Crippen MR) is 59.7 cm³/mol. The van der Waals surface area contributed by atoms with Gasteiger partial charge in [-0.2, -0.15) is 0 Å². The molecular weight excluding hydrogens is 190 g/mol. The highest BCUT2D eigenvalue weighted by Gasteiger charge is 2.25. The van der Waals surface area contributed by atoms with E-state index in [0.29, 0.717) is 6.04 Å². The summed E-state index contributed by atoms with van der Waals surface area (Å²) in [5.74, 6) is 0. The maximum atomic E-state index is 11.4. The Morgan fingerprint density at radius 1 is 1.40 bits per heavy atom. The van der Waals surface area contributed by atoms with Crippen LogP contribution in [0.3, 0.4) is 0 Å². The molecule has 4 nitrogen and oxygen atoms in total. The summed E-state index contributed by atoms with van der Waals surface area (Å²) in [5, 5.41) is 0. The molecule has 0 amide bonds. The lowest BCUT2D eigenvalue weighted by molar-refractivity contribution is 0.0921. The molecule has 1 fully saturated rings. The lowest BCUT2D eigenvalue weighted by Crippen LogP contribution is -2.52. The number of nitrogens with two attached hydrogens (primary N) is 1. The number of rotatable bonds is 4. The fourth-order valence-corrected chi connectivity index (χ4v) is 1.94. The van der Waals surface area contributed by atoms with Gasteiger partial charge < -0.3 is 10.3 Å². The zero-order valence-electron chi connectivity index (χ0n) is 8.80. The van der Waals surface area contributed by atoms with E-state index in [2.05, 4.69) is 4.90 Å². The molecular formula is C11H17N3O.